The molecule has 3 aliphatic rings. The summed E-state index contributed by atoms with van der Waals surface area (Å²) in [4.78, 5) is 2.47. The zero-order valence-corrected chi connectivity index (χ0v) is 11.3. The number of morpholine rings is 1. The summed E-state index contributed by atoms with van der Waals surface area (Å²) in [6.07, 6.45) is 6.04. The summed E-state index contributed by atoms with van der Waals surface area (Å²) in [5.74, 6) is 2.16. The molecule has 4 rings (SSSR count). The largest absolute Gasteiger partial charge is 0.463 e. The number of rotatable bonds is 5. The zero-order chi connectivity index (χ0) is 12.7. The first-order valence-corrected chi connectivity index (χ1v) is 7.54. The van der Waals surface area contributed by atoms with Gasteiger partial charge in [0.15, 0.2) is 0 Å². The smallest absolute Gasteiger partial charge is 0.118 e. The Kier molecular flexibility index (Phi) is 3.10. The quantitative estimate of drug-likeness (QED) is 0.879. The van der Waals surface area contributed by atoms with Crippen LogP contribution in [-0.2, 0) is 17.8 Å². The minimum Gasteiger partial charge on any atom is -0.463 e. The van der Waals surface area contributed by atoms with Gasteiger partial charge in [0, 0.05) is 19.1 Å². The van der Waals surface area contributed by atoms with E-state index in [2.05, 4.69) is 22.3 Å². The molecule has 1 aromatic rings. The summed E-state index contributed by atoms with van der Waals surface area (Å²) >= 11 is 0. The Labute approximate surface area is 114 Å². The Bertz CT molecular complexity index is 429. The molecule has 2 unspecified atom stereocenters. The fourth-order valence-corrected chi connectivity index (χ4v) is 3.18. The van der Waals surface area contributed by atoms with Gasteiger partial charge in [-0.1, -0.05) is 0 Å². The average Bonchev–Trinajstić information content (AvgIpc) is 3.04. The van der Waals surface area contributed by atoms with Gasteiger partial charge in [0.1, 0.15) is 11.5 Å². The highest BCUT2D eigenvalue weighted by molar-refractivity contribution is 5.08. The van der Waals surface area contributed by atoms with Crippen molar-refractivity contribution in [2.24, 2.45) is 0 Å². The van der Waals surface area contributed by atoms with Crippen molar-refractivity contribution in [1.29, 1.82) is 0 Å². The SMILES string of the molecule is c1cc(CN2CC3CCC(C2)O3)oc1CNC1CC1. The van der Waals surface area contributed by atoms with Gasteiger partial charge in [0.25, 0.3) is 0 Å². The van der Waals surface area contributed by atoms with Crippen molar-refractivity contribution in [3.63, 3.8) is 0 Å². The lowest BCUT2D eigenvalue weighted by Gasteiger charge is -2.31. The van der Waals surface area contributed by atoms with Crippen LogP contribution in [0.3, 0.4) is 0 Å². The van der Waals surface area contributed by atoms with Crippen LogP contribution in [0, 0.1) is 0 Å². The van der Waals surface area contributed by atoms with Crippen molar-refractivity contribution >= 4 is 0 Å². The van der Waals surface area contributed by atoms with Gasteiger partial charge in [0.05, 0.1) is 25.3 Å². The van der Waals surface area contributed by atoms with E-state index in [4.69, 9.17) is 9.15 Å². The summed E-state index contributed by atoms with van der Waals surface area (Å²) in [6, 6.07) is 4.98. The molecule has 0 spiro atoms. The van der Waals surface area contributed by atoms with Gasteiger partial charge in [-0.3, -0.25) is 4.90 Å². The molecule has 4 nitrogen and oxygen atoms in total. The van der Waals surface area contributed by atoms with Gasteiger partial charge >= 0.3 is 0 Å². The molecule has 3 heterocycles. The number of fused-ring (bicyclic) bond motifs is 2. The number of likely N-dealkylation sites (tertiary alicyclic amines) is 1. The summed E-state index contributed by atoms with van der Waals surface area (Å²) in [6.45, 7) is 3.93. The maximum Gasteiger partial charge on any atom is 0.118 e. The van der Waals surface area contributed by atoms with Crippen LogP contribution in [0.15, 0.2) is 16.5 Å². The van der Waals surface area contributed by atoms with E-state index in [1.165, 1.54) is 25.7 Å². The summed E-state index contributed by atoms with van der Waals surface area (Å²) < 4.78 is 11.8. The van der Waals surface area contributed by atoms with E-state index < -0.39 is 0 Å². The average molecular weight is 262 g/mol. The molecule has 1 aromatic heterocycles. The Balaban J connectivity index is 1.32. The fourth-order valence-electron chi connectivity index (χ4n) is 3.18. The molecule has 2 aliphatic heterocycles. The van der Waals surface area contributed by atoms with Crippen molar-refractivity contribution in [2.75, 3.05) is 13.1 Å². The highest BCUT2D eigenvalue weighted by Crippen LogP contribution is 2.27. The van der Waals surface area contributed by atoms with E-state index in [9.17, 15) is 0 Å². The molecular formula is C15H22N2O2. The number of ether oxygens (including phenoxy) is 1. The number of furan rings is 1. The van der Waals surface area contributed by atoms with Gasteiger partial charge in [0.2, 0.25) is 0 Å². The topological polar surface area (TPSA) is 37.6 Å². The first-order valence-electron chi connectivity index (χ1n) is 7.54. The van der Waals surface area contributed by atoms with Gasteiger partial charge < -0.3 is 14.5 Å². The highest BCUT2D eigenvalue weighted by Gasteiger charge is 2.33. The highest BCUT2D eigenvalue weighted by atomic mass is 16.5. The third-order valence-electron chi connectivity index (χ3n) is 4.36. The second-order valence-electron chi connectivity index (χ2n) is 6.17. The summed E-state index contributed by atoms with van der Waals surface area (Å²) in [5.41, 5.74) is 0. The van der Waals surface area contributed by atoms with Crippen LogP contribution in [0.5, 0.6) is 0 Å². The van der Waals surface area contributed by atoms with Gasteiger partial charge in [-0.2, -0.15) is 0 Å². The van der Waals surface area contributed by atoms with Crippen LogP contribution in [0.2, 0.25) is 0 Å². The van der Waals surface area contributed by atoms with Crippen molar-refractivity contribution in [2.45, 2.75) is 57.0 Å². The molecule has 1 saturated carbocycles. The molecule has 0 amide bonds. The standard InChI is InChI=1S/C15H22N2O2/c1-2-11(1)16-7-12-3-4-13(18-12)8-17-9-14-5-6-15(10-17)19-14/h3-4,11,14-16H,1-2,5-10H2. The van der Waals surface area contributed by atoms with Crippen LogP contribution in [0.4, 0.5) is 0 Å². The molecular weight excluding hydrogens is 240 g/mol. The lowest BCUT2D eigenvalue weighted by Crippen LogP contribution is -2.41. The number of hydrogen-bond donors (Lipinski definition) is 1. The monoisotopic (exact) mass is 262 g/mol. The van der Waals surface area contributed by atoms with E-state index in [0.29, 0.717) is 12.2 Å². The molecule has 2 bridgehead atoms. The van der Waals surface area contributed by atoms with Crippen LogP contribution >= 0.6 is 0 Å². The van der Waals surface area contributed by atoms with Gasteiger partial charge in [-0.05, 0) is 37.8 Å². The molecule has 0 radical (unpaired) electrons. The van der Waals surface area contributed by atoms with Crippen molar-refractivity contribution in [3.8, 4) is 0 Å². The van der Waals surface area contributed by atoms with E-state index >= 15 is 0 Å². The maximum absolute atomic E-state index is 5.91. The molecule has 4 heteroatoms. The van der Waals surface area contributed by atoms with E-state index in [-0.39, 0.29) is 0 Å². The third-order valence-corrected chi connectivity index (χ3v) is 4.36. The second kappa shape index (κ2) is 4.93. The zero-order valence-electron chi connectivity index (χ0n) is 11.3. The number of nitrogens with zero attached hydrogens (tertiary/aromatic N) is 1. The predicted octanol–water partition coefficient (Wildman–Crippen LogP) is 1.89. The minimum atomic E-state index is 0.463. The lowest BCUT2D eigenvalue weighted by molar-refractivity contribution is -0.0427. The normalized spacial score (nSPS) is 30.9. The number of nitrogens with one attached hydrogen (secondary N) is 1. The Morgan fingerprint density at radius 2 is 1.79 bits per heavy atom. The first kappa shape index (κ1) is 11.9. The van der Waals surface area contributed by atoms with E-state index in [0.717, 1.165) is 43.7 Å². The van der Waals surface area contributed by atoms with Crippen LogP contribution in [-0.4, -0.2) is 36.2 Å². The van der Waals surface area contributed by atoms with Crippen LogP contribution in [0.1, 0.15) is 37.2 Å². The third kappa shape index (κ3) is 2.86. The molecule has 2 saturated heterocycles. The molecule has 1 aliphatic carbocycles. The first-order chi connectivity index (χ1) is 9.35. The minimum absolute atomic E-state index is 0.463. The molecule has 19 heavy (non-hydrogen) atoms. The van der Waals surface area contributed by atoms with Gasteiger partial charge in [-0.25, -0.2) is 0 Å². The van der Waals surface area contributed by atoms with Crippen molar-refractivity contribution in [1.82, 2.24) is 10.2 Å². The van der Waals surface area contributed by atoms with E-state index in [1.54, 1.807) is 0 Å². The maximum atomic E-state index is 5.91. The van der Waals surface area contributed by atoms with Crippen molar-refractivity contribution < 1.29 is 9.15 Å². The molecule has 3 fully saturated rings. The van der Waals surface area contributed by atoms with Crippen LogP contribution < -0.4 is 5.32 Å². The lowest BCUT2D eigenvalue weighted by atomic mass is 10.2. The van der Waals surface area contributed by atoms with Crippen LogP contribution in [0.25, 0.3) is 0 Å². The summed E-state index contributed by atoms with van der Waals surface area (Å²) in [7, 11) is 0. The van der Waals surface area contributed by atoms with Crippen molar-refractivity contribution in [3.05, 3.63) is 23.7 Å². The predicted molar refractivity (Wildman–Crippen MR) is 71.7 cm³/mol. The molecule has 2 atom stereocenters. The number of hydrogen-bond acceptors (Lipinski definition) is 4. The molecule has 104 valence electrons. The Morgan fingerprint density at radius 3 is 2.53 bits per heavy atom. The summed E-state index contributed by atoms with van der Waals surface area (Å²) in [5, 5.41) is 3.49. The molecule has 1 N–H and O–H groups in total. The second-order valence-corrected chi connectivity index (χ2v) is 6.17. The molecule has 0 aromatic carbocycles. The Morgan fingerprint density at radius 1 is 1.05 bits per heavy atom. The fraction of sp³-hybridized carbons (Fsp3) is 0.733. The van der Waals surface area contributed by atoms with E-state index in [1.807, 2.05) is 0 Å². The van der Waals surface area contributed by atoms with Gasteiger partial charge in [-0.15, -0.1) is 0 Å². The Hall–Kier alpha value is -0.840.